The summed E-state index contributed by atoms with van der Waals surface area (Å²) in [4.78, 5) is 8.89. The van der Waals surface area contributed by atoms with E-state index in [2.05, 4.69) is 25.9 Å². The zero-order valence-electron chi connectivity index (χ0n) is 24.2. The van der Waals surface area contributed by atoms with Gasteiger partial charge in [0.25, 0.3) is 0 Å². The van der Waals surface area contributed by atoms with Crippen molar-refractivity contribution in [3.05, 3.63) is 102 Å². The number of hydrogen-bond acceptors (Lipinski definition) is 9. The van der Waals surface area contributed by atoms with Crippen LogP contribution in [0.2, 0.25) is 0 Å². The maximum atomic E-state index is 13.5. The maximum Gasteiger partial charge on any atom is 0.148 e. The molecule has 1 unspecified atom stereocenters. The second kappa shape index (κ2) is 13.8. The monoisotopic (exact) mass is 615 g/mol. The van der Waals surface area contributed by atoms with Crippen LogP contribution in [0.25, 0.3) is 22.0 Å². The molecule has 0 radical (unpaired) electrons. The zero-order chi connectivity index (χ0) is 31.1. The number of benzene rings is 3. The van der Waals surface area contributed by atoms with Crippen LogP contribution < -0.4 is 16.0 Å². The lowest BCUT2D eigenvalue weighted by Crippen LogP contribution is -2.32. The van der Waals surface area contributed by atoms with Crippen LogP contribution in [0.4, 0.5) is 21.6 Å². The molecule has 0 amide bonds. The van der Waals surface area contributed by atoms with Gasteiger partial charge in [-0.15, -0.1) is 0 Å². The second-order valence-corrected chi connectivity index (χ2v) is 12.9. The summed E-state index contributed by atoms with van der Waals surface area (Å²) >= 11 is 0. The first kappa shape index (κ1) is 30.8. The number of fused-ring (bicyclic) bond motifs is 1. The lowest BCUT2D eigenvalue weighted by Gasteiger charge is -2.14. The van der Waals surface area contributed by atoms with Gasteiger partial charge >= 0.3 is 0 Å². The van der Waals surface area contributed by atoms with Crippen molar-refractivity contribution in [1.29, 1.82) is 5.41 Å². The van der Waals surface area contributed by atoms with Gasteiger partial charge in [0, 0.05) is 73.4 Å². The highest BCUT2D eigenvalue weighted by atomic mass is 32.2. The van der Waals surface area contributed by atoms with Gasteiger partial charge in [0.1, 0.15) is 27.8 Å². The number of nitrogens with zero attached hydrogens (tertiary/aromatic N) is 3. The van der Waals surface area contributed by atoms with Crippen molar-refractivity contribution in [3.8, 4) is 11.1 Å². The summed E-state index contributed by atoms with van der Waals surface area (Å²) < 4.78 is 38.0. The van der Waals surface area contributed by atoms with Crippen LogP contribution in [0.15, 0.2) is 85.5 Å². The Morgan fingerprint density at radius 1 is 1.07 bits per heavy atom. The summed E-state index contributed by atoms with van der Waals surface area (Å²) in [5, 5.41) is 28.7. The molecule has 0 aliphatic carbocycles. The van der Waals surface area contributed by atoms with Crippen LogP contribution in [0.1, 0.15) is 11.1 Å². The number of nitrogens with one attached hydrogen (secondary N) is 4. The Bertz CT molecular complexity index is 1880. The molecular formula is C32H34FN7O3S. The van der Waals surface area contributed by atoms with E-state index in [1.807, 2.05) is 65.5 Å². The Kier molecular flexibility index (Phi) is 9.63. The van der Waals surface area contributed by atoms with Crippen molar-refractivity contribution in [2.45, 2.75) is 19.2 Å². The lowest BCUT2D eigenvalue weighted by atomic mass is 10.1. The van der Waals surface area contributed by atoms with Gasteiger partial charge in [0.15, 0.2) is 0 Å². The third-order valence-electron chi connectivity index (χ3n) is 7.01. The van der Waals surface area contributed by atoms with Gasteiger partial charge < -0.3 is 31.0 Å². The molecule has 2 aromatic heterocycles. The Labute approximate surface area is 255 Å². The highest BCUT2D eigenvalue weighted by Crippen LogP contribution is 2.30. The molecule has 0 aliphatic rings. The van der Waals surface area contributed by atoms with E-state index in [1.165, 1.54) is 30.9 Å². The molecule has 3 aromatic carbocycles. The number of sulfone groups is 1. The first-order valence-electron chi connectivity index (χ1n) is 14.0. The van der Waals surface area contributed by atoms with Gasteiger partial charge in [-0.1, -0.05) is 18.2 Å². The fraction of sp³-hybridized carbons (Fsp3) is 0.219. The minimum atomic E-state index is -3.05. The number of aromatic nitrogens is 3. The molecule has 5 N–H and O–H groups in total. The van der Waals surface area contributed by atoms with E-state index in [9.17, 15) is 17.9 Å². The maximum absolute atomic E-state index is 13.5. The number of anilines is 3. The van der Waals surface area contributed by atoms with Crippen molar-refractivity contribution in [1.82, 2.24) is 19.9 Å². The topological polar surface area (TPSA) is 145 Å². The summed E-state index contributed by atoms with van der Waals surface area (Å²) in [5.41, 5.74) is 5.64. The Hall–Kier alpha value is -4.65. The number of aliphatic hydroxyl groups is 1. The van der Waals surface area contributed by atoms with Crippen molar-refractivity contribution in [3.63, 3.8) is 0 Å². The summed E-state index contributed by atoms with van der Waals surface area (Å²) in [6, 6.07) is 19.9. The summed E-state index contributed by atoms with van der Waals surface area (Å²) in [6.07, 6.45) is 7.12. The Morgan fingerprint density at radius 2 is 1.93 bits per heavy atom. The highest BCUT2D eigenvalue weighted by molar-refractivity contribution is 7.90. The largest absolute Gasteiger partial charge is 0.390 e. The van der Waals surface area contributed by atoms with Crippen molar-refractivity contribution in [2.75, 3.05) is 35.7 Å². The third-order valence-corrected chi connectivity index (χ3v) is 7.96. The first-order valence-corrected chi connectivity index (χ1v) is 16.1. The molecule has 5 rings (SSSR count). The number of hydrogen-bond donors (Lipinski definition) is 5. The molecule has 44 heavy (non-hydrogen) atoms. The van der Waals surface area contributed by atoms with Crippen LogP contribution in [-0.2, 0) is 22.9 Å². The molecule has 5 aromatic rings. The van der Waals surface area contributed by atoms with Gasteiger partial charge in [-0.25, -0.2) is 22.8 Å². The Balaban J connectivity index is 1.28. The number of halogens is 1. The summed E-state index contributed by atoms with van der Waals surface area (Å²) in [6.45, 7) is 1.36. The third kappa shape index (κ3) is 8.25. The van der Waals surface area contributed by atoms with E-state index in [-0.39, 0.29) is 18.1 Å². The van der Waals surface area contributed by atoms with E-state index in [1.54, 1.807) is 6.07 Å². The lowest BCUT2D eigenvalue weighted by molar-refractivity contribution is 0.152. The molecule has 0 saturated heterocycles. The predicted molar refractivity (Wildman–Crippen MR) is 173 cm³/mol. The van der Waals surface area contributed by atoms with Crippen LogP contribution in [-0.4, -0.2) is 65.5 Å². The quantitative estimate of drug-likeness (QED) is 0.0902. The molecule has 10 nitrogen and oxygen atoms in total. The predicted octanol–water partition coefficient (Wildman–Crippen LogP) is 4.59. The summed E-state index contributed by atoms with van der Waals surface area (Å²) in [5.74, 6) is 0.352. The SMILES string of the molecule is CS(=O)(=O)CCNCC(O)Cn1ccc(-c2ccc3ncnc(Nc4ccc(NCc5cccc(F)c5)c(C=N)c4)c3c2)c1. The zero-order valence-corrected chi connectivity index (χ0v) is 25.0. The van der Waals surface area contributed by atoms with Gasteiger partial charge in [-0.3, -0.25) is 0 Å². The molecule has 0 fully saturated rings. The second-order valence-electron chi connectivity index (χ2n) is 10.6. The molecule has 0 bridgehead atoms. The van der Waals surface area contributed by atoms with E-state index < -0.39 is 15.9 Å². The molecule has 228 valence electrons. The molecule has 0 spiro atoms. The molecular weight excluding hydrogens is 581 g/mol. The van der Waals surface area contributed by atoms with Crippen molar-refractivity contribution < 1.29 is 17.9 Å². The average molecular weight is 616 g/mol. The molecule has 12 heteroatoms. The fourth-order valence-electron chi connectivity index (χ4n) is 4.80. The summed E-state index contributed by atoms with van der Waals surface area (Å²) in [7, 11) is -3.05. The number of rotatable bonds is 14. The fourth-order valence-corrected chi connectivity index (χ4v) is 5.31. The van der Waals surface area contributed by atoms with E-state index in [4.69, 9.17) is 5.41 Å². The van der Waals surface area contributed by atoms with Crippen LogP contribution >= 0.6 is 0 Å². The normalized spacial score (nSPS) is 12.2. The van der Waals surface area contributed by atoms with E-state index >= 15 is 0 Å². The average Bonchev–Trinajstić information content (AvgIpc) is 3.46. The molecule has 2 heterocycles. The van der Waals surface area contributed by atoms with Crippen LogP contribution in [0, 0.1) is 11.2 Å². The smallest absolute Gasteiger partial charge is 0.148 e. The molecule has 0 saturated carbocycles. The minimum Gasteiger partial charge on any atom is -0.390 e. The standard InChI is InChI=1S/C32H34FN7O3S/c1-44(42,43)12-10-35-18-28(41)20-40-11-9-24(19-40)23-5-7-31-29(15-23)32(38-21-37-31)39-27-6-8-30(25(14-27)16-34)36-17-22-3-2-4-26(33)13-22/h2-9,11,13-16,19,21,28,34-36,41H,10,12,17-18,20H2,1H3,(H,37,38,39). The first-order chi connectivity index (χ1) is 21.2. The van der Waals surface area contributed by atoms with Gasteiger partial charge in [0.2, 0.25) is 0 Å². The van der Waals surface area contributed by atoms with Crippen LogP contribution in [0.3, 0.4) is 0 Å². The van der Waals surface area contributed by atoms with Gasteiger partial charge in [-0.2, -0.15) is 0 Å². The van der Waals surface area contributed by atoms with Gasteiger partial charge in [0.05, 0.1) is 17.4 Å². The number of aliphatic hydroxyl groups excluding tert-OH is 1. The van der Waals surface area contributed by atoms with Crippen molar-refractivity contribution >= 4 is 44.1 Å². The van der Waals surface area contributed by atoms with E-state index in [0.29, 0.717) is 31.0 Å². The van der Waals surface area contributed by atoms with Crippen molar-refractivity contribution in [2.24, 2.45) is 0 Å². The minimum absolute atomic E-state index is 0.0281. The Morgan fingerprint density at radius 3 is 2.73 bits per heavy atom. The van der Waals surface area contributed by atoms with Gasteiger partial charge in [-0.05, 0) is 65.2 Å². The van der Waals surface area contributed by atoms with Crippen LogP contribution in [0.5, 0.6) is 0 Å². The highest BCUT2D eigenvalue weighted by Gasteiger charge is 2.11. The van der Waals surface area contributed by atoms with E-state index in [0.717, 1.165) is 39.0 Å². The molecule has 0 aliphatic heterocycles. The molecule has 1 atom stereocenters.